The lowest BCUT2D eigenvalue weighted by Crippen LogP contribution is -2.37. The van der Waals surface area contributed by atoms with Gasteiger partial charge >= 0.3 is 5.97 Å². The van der Waals surface area contributed by atoms with Crippen LogP contribution in [-0.2, 0) is 19.1 Å². The third-order valence-electron chi connectivity index (χ3n) is 6.39. The zero-order valence-electron chi connectivity index (χ0n) is 16.3. The number of alkyl halides is 2. The number of likely N-dealkylation sites (tertiary alicyclic amines) is 1. The number of carbonyl (C=O) groups excluding carboxylic acids is 4. The first-order valence-electron chi connectivity index (χ1n) is 9.79. The molecule has 0 N–H and O–H groups in total. The molecule has 0 unspecified atom stereocenters. The van der Waals surface area contributed by atoms with Crippen LogP contribution < -0.4 is 4.74 Å². The van der Waals surface area contributed by atoms with Crippen molar-refractivity contribution in [1.29, 1.82) is 0 Å². The Labute approximate surface area is 190 Å². The number of carbonyl (C=O) groups is 4. The number of Topliss-reactive ketones (excluding diaryl/α,β-unsaturated/α-hetero) is 1. The van der Waals surface area contributed by atoms with E-state index in [0.717, 1.165) is 6.42 Å². The maximum Gasteiger partial charge on any atom is 0.308 e. The Bertz CT molecular complexity index is 856. The van der Waals surface area contributed by atoms with Crippen molar-refractivity contribution in [1.82, 2.24) is 4.90 Å². The Kier molecular flexibility index (Phi) is 6.03. The molecule has 0 spiro atoms. The summed E-state index contributed by atoms with van der Waals surface area (Å²) in [5, 5.41) is 0. The molecule has 1 saturated heterocycles. The van der Waals surface area contributed by atoms with E-state index < -0.39 is 5.97 Å². The number of imide groups is 1. The fourth-order valence-electron chi connectivity index (χ4n) is 4.91. The average Bonchev–Trinajstić information content (AvgIpc) is 3.35. The van der Waals surface area contributed by atoms with Crippen molar-refractivity contribution in [2.24, 2.45) is 23.7 Å². The second-order valence-corrected chi connectivity index (χ2v) is 10.0. The summed E-state index contributed by atoms with van der Waals surface area (Å²) in [6, 6.07) is 6.49. The number of amides is 2. The Morgan fingerprint density at radius 2 is 1.60 bits per heavy atom. The Morgan fingerprint density at radius 3 is 2.13 bits per heavy atom. The minimum Gasteiger partial charge on any atom is -0.497 e. The third kappa shape index (κ3) is 3.60. The van der Waals surface area contributed by atoms with Crippen LogP contribution in [-0.4, -0.2) is 58.4 Å². The van der Waals surface area contributed by atoms with Gasteiger partial charge in [-0.1, -0.05) is 31.9 Å². The van der Waals surface area contributed by atoms with Gasteiger partial charge in [0.1, 0.15) is 5.75 Å². The van der Waals surface area contributed by atoms with Crippen LogP contribution >= 0.6 is 31.9 Å². The summed E-state index contributed by atoms with van der Waals surface area (Å²) >= 11 is 7.29. The van der Waals surface area contributed by atoms with Gasteiger partial charge in [0, 0.05) is 21.8 Å². The van der Waals surface area contributed by atoms with Crippen molar-refractivity contribution in [3.8, 4) is 5.75 Å². The number of halogens is 2. The quantitative estimate of drug-likeness (QED) is 0.228. The SMILES string of the molecule is COc1ccc(C(=O)COC(=O)CCN2C(=O)[C@H]3[C@@H]4C[C@H]([C@@H](Br)[C@H]4Br)[C@@H]3C2=O)cc1. The van der Waals surface area contributed by atoms with Gasteiger partial charge in [0.05, 0.1) is 25.4 Å². The highest BCUT2D eigenvalue weighted by atomic mass is 79.9. The molecular weight excluding hydrogens is 522 g/mol. The van der Waals surface area contributed by atoms with Crippen LogP contribution in [0.15, 0.2) is 24.3 Å². The van der Waals surface area contributed by atoms with Gasteiger partial charge in [-0.25, -0.2) is 0 Å². The molecular formula is C21H21Br2NO6. The van der Waals surface area contributed by atoms with Gasteiger partial charge in [0.2, 0.25) is 11.8 Å². The van der Waals surface area contributed by atoms with E-state index in [-0.39, 0.29) is 70.5 Å². The van der Waals surface area contributed by atoms with Gasteiger partial charge in [-0.15, -0.1) is 0 Å². The molecule has 3 aliphatic rings. The Hall–Kier alpha value is -1.74. The molecule has 1 aromatic carbocycles. The van der Waals surface area contributed by atoms with Crippen LogP contribution in [0.5, 0.6) is 5.75 Å². The molecule has 1 aliphatic heterocycles. The van der Waals surface area contributed by atoms with Crippen molar-refractivity contribution < 1.29 is 28.7 Å². The predicted molar refractivity (Wildman–Crippen MR) is 114 cm³/mol. The van der Waals surface area contributed by atoms with E-state index in [2.05, 4.69) is 31.9 Å². The summed E-state index contributed by atoms with van der Waals surface area (Å²) in [5.74, 6) is -1.03. The average molecular weight is 543 g/mol. The lowest BCUT2D eigenvalue weighted by molar-refractivity contribution is -0.145. The van der Waals surface area contributed by atoms with Gasteiger partial charge in [-0.3, -0.25) is 24.1 Å². The van der Waals surface area contributed by atoms with E-state index >= 15 is 0 Å². The molecule has 160 valence electrons. The predicted octanol–water partition coefficient (Wildman–Crippen LogP) is 2.59. The molecule has 0 radical (unpaired) electrons. The fraction of sp³-hybridized carbons (Fsp3) is 0.524. The summed E-state index contributed by atoms with van der Waals surface area (Å²) in [5.41, 5.74) is 0.408. The van der Waals surface area contributed by atoms with Crippen molar-refractivity contribution >= 4 is 55.4 Å². The molecule has 0 aromatic heterocycles. The molecule has 2 bridgehead atoms. The number of hydrogen-bond acceptors (Lipinski definition) is 6. The fourth-order valence-corrected chi connectivity index (χ4v) is 6.79. The summed E-state index contributed by atoms with van der Waals surface area (Å²) in [4.78, 5) is 51.4. The molecule has 7 nitrogen and oxygen atoms in total. The number of methoxy groups -OCH3 is 1. The van der Waals surface area contributed by atoms with E-state index in [4.69, 9.17) is 9.47 Å². The number of benzene rings is 1. The number of esters is 1. The largest absolute Gasteiger partial charge is 0.497 e. The molecule has 1 heterocycles. The molecule has 2 amide bonds. The van der Waals surface area contributed by atoms with Crippen molar-refractivity contribution in [3.63, 3.8) is 0 Å². The van der Waals surface area contributed by atoms with Crippen LogP contribution in [0.3, 0.4) is 0 Å². The maximum atomic E-state index is 12.8. The standard InChI is InChI=1S/C21H21Br2NO6/c1-29-11-4-2-10(3-5-11)14(25)9-30-15(26)6-7-24-20(27)16-12-8-13(17(16)21(24)28)19(23)18(12)22/h2-5,12-13,16-19H,6-9H2,1H3/t12-,13-,16-,17-,18-,19+/m0/s1. The maximum absolute atomic E-state index is 12.8. The number of rotatable bonds is 7. The molecule has 1 aromatic rings. The van der Waals surface area contributed by atoms with Crippen molar-refractivity contribution in [2.45, 2.75) is 22.5 Å². The molecule has 9 heteroatoms. The normalized spacial score (nSPS) is 31.8. The molecule has 2 aliphatic carbocycles. The lowest BCUT2D eigenvalue weighted by atomic mass is 9.81. The highest BCUT2D eigenvalue weighted by molar-refractivity contribution is 9.12. The third-order valence-corrected chi connectivity index (χ3v) is 9.60. The van der Waals surface area contributed by atoms with Crippen molar-refractivity contribution in [2.75, 3.05) is 20.3 Å². The van der Waals surface area contributed by atoms with E-state index in [0.29, 0.717) is 11.3 Å². The van der Waals surface area contributed by atoms with Crippen molar-refractivity contribution in [3.05, 3.63) is 29.8 Å². The van der Waals surface area contributed by atoms with Crippen LogP contribution in [0, 0.1) is 23.7 Å². The van der Waals surface area contributed by atoms with Gasteiger partial charge in [0.25, 0.3) is 0 Å². The number of ketones is 1. The number of nitrogens with zero attached hydrogens (tertiary/aromatic N) is 1. The number of ether oxygens (including phenoxy) is 2. The first kappa shape index (κ1) is 21.5. The van der Waals surface area contributed by atoms with Crippen LogP contribution in [0.2, 0.25) is 0 Å². The second kappa shape index (κ2) is 8.42. The van der Waals surface area contributed by atoms with E-state index in [1.807, 2.05) is 0 Å². The topological polar surface area (TPSA) is 90.0 Å². The molecule has 3 fully saturated rings. The summed E-state index contributed by atoms with van der Waals surface area (Å²) < 4.78 is 10.1. The molecule has 2 saturated carbocycles. The molecule has 30 heavy (non-hydrogen) atoms. The van der Waals surface area contributed by atoms with Gasteiger partial charge < -0.3 is 9.47 Å². The van der Waals surface area contributed by atoms with Gasteiger partial charge in [-0.2, -0.15) is 0 Å². The highest BCUT2D eigenvalue weighted by Gasteiger charge is 2.66. The van der Waals surface area contributed by atoms with Crippen LogP contribution in [0.4, 0.5) is 0 Å². The van der Waals surface area contributed by atoms with Gasteiger partial charge in [0.15, 0.2) is 12.4 Å². The lowest BCUT2D eigenvalue weighted by Gasteiger charge is -2.28. The number of hydrogen-bond donors (Lipinski definition) is 0. The first-order chi connectivity index (χ1) is 14.3. The van der Waals surface area contributed by atoms with E-state index in [9.17, 15) is 19.2 Å². The van der Waals surface area contributed by atoms with Gasteiger partial charge in [-0.05, 0) is 42.5 Å². The van der Waals surface area contributed by atoms with Crippen LogP contribution in [0.1, 0.15) is 23.2 Å². The second-order valence-electron chi connectivity index (χ2n) is 7.89. The summed E-state index contributed by atoms with van der Waals surface area (Å²) in [6.07, 6.45) is 0.736. The first-order valence-corrected chi connectivity index (χ1v) is 11.6. The smallest absolute Gasteiger partial charge is 0.308 e. The Morgan fingerprint density at radius 1 is 1.03 bits per heavy atom. The molecule has 4 rings (SSSR count). The van der Waals surface area contributed by atoms with E-state index in [1.54, 1.807) is 24.3 Å². The van der Waals surface area contributed by atoms with E-state index in [1.165, 1.54) is 12.0 Å². The number of fused-ring (bicyclic) bond motifs is 5. The highest BCUT2D eigenvalue weighted by Crippen LogP contribution is 2.60. The zero-order valence-corrected chi connectivity index (χ0v) is 19.4. The van der Waals surface area contributed by atoms with Crippen LogP contribution in [0.25, 0.3) is 0 Å². The minimum absolute atomic E-state index is 0.0143. The Balaban J connectivity index is 1.28. The minimum atomic E-state index is -0.616. The monoisotopic (exact) mass is 541 g/mol. The zero-order chi connectivity index (χ0) is 21.6. The summed E-state index contributed by atoms with van der Waals surface area (Å²) in [7, 11) is 1.53. The molecule has 6 atom stereocenters. The summed E-state index contributed by atoms with van der Waals surface area (Å²) in [6.45, 7) is -0.404.